The summed E-state index contributed by atoms with van der Waals surface area (Å²) in [7, 11) is 0. The Hall–Kier alpha value is -2.67. The molecule has 6 nitrogen and oxygen atoms in total. The molecule has 1 aliphatic heterocycles. The molecule has 1 aliphatic carbocycles. The van der Waals surface area contributed by atoms with Crippen LogP contribution in [0.15, 0.2) is 41.2 Å². The van der Waals surface area contributed by atoms with Crippen molar-refractivity contribution in [3.8, 4) is 5.75 Å². The van der Waals surface area contributed by atoms with Gasteiger partial charge in [0.25, 0.3) is 0 Å². The van der Waals surface area contributed by atoms with Gasteiger partial charge in [-0.1, -0.05) is 17.7 Å². The molecule has 2 aliphatic rings. The summed E-state index contributed by atoms with van der Waals surface area (Å²) in [5.41, 5.74) is 0.557. The molecule has 1 saturated carbocycles. The van der Waals surface area contributed by atoms with Gasteiger partial charge in [0.1, 0.15) is 17.3 Å². The highest BCUT2D eigenvalue weighted by atomic mass is 35.5. The molecule has 174 valence electrons. The first-order valence-electron chi connectivity index (χ1n) is 11.6. The number of nitrogens with zero attached hydrogens (tertiary/aromatic N) is 4. The molecular formula is C25H28ClFN4O2. The number of ether oxygens (including phenoxy) is 1. The second kappa shape index (κ2) is 9.67. The van der Waals surface area contributed by atoms with E-state index < -0.39 is 0 Å². The van der Waals surface area contributed by atoms with Gasteiger partial charge in [0.2, 0.25) is 5.95 Å². The van der Waals surface area contributed by atoms with Crippen LogP contribution < -0.4 is 9.64 Å². The average molecular weight is 471 g/mol. The average Bonchev–Trinajstić information content (AvgIpc) is 3.48. The van der Waals surface area contributed by atoms with Gasteiger partial charge in [0, 0.05) is 19.2 Å². The fourth-order valence-corrected chi connectivity index (χ4v) is 5.01. The minimum atomic E-state index is -0.288. The number of aryl methyl sites for hydroxylation is 1. The van der Waals surface area contributed by atoms with Gasteiger partial charge >= 0.3 is 0 Å². The first-order chi connectivity index (χ1) is 16.0. The number of benzene rings is 1. The third-order valence-electron chi connectivity index (χ3n) is 6.80. The maximum atomic E-state index is 14.5. The normalized spacial score (nSPS) is 20.8. The molecule has 8 heteroatoms. The van der Waals surface area contributed by atoms with Crippen molar-refractivity contribution >= 4 is 17.5 Å². The monoisotopic (exact) mass is 470 g/mol. The van der Waals surface area contributed by atoms with E-state index in [2.05, 4.69) is 19.9 Å². The maximum absolute atomic E-state index is 14.5. The molecule has 2 fully saturated rings. The van der Waals surface area contributed by atoms with Crippen molar-refractivity contribution in [2.24, 2.45) is 17.8 Å². The molecule has 3 aromatic rings. The predicted molar refractivity (Wildman–Crippen MR) is 124 cm³/mol. The highest BCUT2D eigenvalue weighted by Gasteiger charge is 2.43. The standard InChI is InChI=1S/C25H28ClFN4O2/c1-16-13-28-24(33-16)11-19-2-3-21(12-23(19)27)32-9-6-18-10-22(18)17-4-7-31(8-5-17)25-29-14-20(26)15-30-25/h2-3,12-15,17-18,22H,4-11H2,1H3. The van der Waals surface area contributed by atoms with Crippen molar-refractivity contribution in [1.82, 2.24) is 15.0 Å². The van der Waals surface area contributed by atoms with Crippen molar-refractivity contribution in [2.75, 3.05) is 24.6 Å². The number of halogens is 2. The molecule has 2 atom stereocenters. The Morgan fingerprint density at radius 3 is 2.64 bits per heavy atom. The number of hydrogen-bond donors (Lipinski definition) is 0. The van der Waals surface area contributed by atoms with E-state index in [0.29, 0.717) is 41.2 Å². The first kappa shape index (κ1) is 22.1. The van der Waals surface area contributed by atoms with Crippen molar-refractivity contribution in [3.05, 3.63) is 64.8 Å². The molecule has 0 radical (unpaired) electrons. The van der Waals surface area contributed by atoms with Crippen LogP contribution in [0, 0.1) is 30.5 Å². The van der Waals surface area contributed by atoms with Gasteiger partial charge in [-0.3, -0.25) is 0 Å². The predicted octanol–water partition coefficient (Wildman–Crippen LogP) is 5.48. The van der Waals surface area contributed by atoms with Crippen LogP contribution in [0.1, 0.15) is 42.9 Å². The first-order valence-corrected chi connectivity index (χ1v) is 12.0. The Morgan fingerprint density at radius 2 is 1.94 bits per heavy atom. The van der Waals surface area contributed by atoms with E-state index in [-0.39, 0.29) is 5.82 Å². The lowest BCUT2D eigenvalue weighted by atomic mass is 9.90. The number of hydrogen-bond acceptors (Lipinski definition) is 6. The Morgan fingerprint density at radius 1 is 1.15 bits per heavy atom. The molecule has 0 N–H and O–H groups in total. The minimum absolute atomic E-state index is 0.288. The number of anilines is 1. The Labute approximate surface area is 198 Å². The third kappa shape index (κ3) is 5.46. The molecule has 1 saturated heterocycles. The summed E-state index contributed by atoms with van der Waals surface area (Å²) in [6, 6.07) is 5.04. The van der Waals surface area contributed by atoms with Crippen LogP contribution in [-0.4, -0.2) is 34.6 Å². The van der Waals surface area contributed by atoms with Gasteiger partial charge in [-0.15, -0.1) is 0 Å². The minimum Gasteiger partial charge on any atom is -0.493 e. The van der Waals surface area contributed by atoms with Crippen LogP contribution in [0.4, 0.5) is 10.3 Å². The molecule has 0 amide bonds. The lowest BCUT2D eigenvalue weighted by molar-refractivity contribution is 0.283. The topological polar surface area (TPSA) is 64.3 Å². The second-order valence-electron chi connectivity index (χ2n) is 9.12. The molecule has 33 heavy (non-hydrogen) atoms. The van der Waals surface area contributed by atoms with Gasteiger partial charge in [0.05, 0.1) is 36.6 Å². The zero-order valence-corrected chi connectivity index (χ0v) is 19.5. The summed E-state index contributed by atoms with van der Waals surface area (Å²) in [4.78, 5) is 15.1. The maximum Gasteiger partial charge on any atom is 0.225 e. The molecular weight excluding hydrogens is 443 g/mol. The summed E-state index contributed by atoms with van der Waals surface area (Å²) in [5.74, 6) is 4.56. The SMILES string of the molecule is Cc1cnc(Cc2ccc(OCCC3CC3C3CCN(c4ncc(Cl)cn4)CC3)cc2F)o1. The lowest BCUT2D eigenvalue weighted by Gasteiger charge is -2.32. The Bertz CT molecular complexity index is 1080. The van der Waals surface area contributed by atoms with Crippen molar-refractivity contribution in [3.63, 3.8) is 0 Å². The molecule has 2 aromatic heterocycles. The summed E-state index contributed by atoms with van der Waals surface area (Å²) >= 11 is 5.89. The van der Waals surface area contributed by atoms with Gasteiger partial charge in [-0.2, -0.15) is 0 Å². The Balaban J connectivity index is 1.04. The summed E-state index contributed by atoms with van der Waals surface area (Å²) in [5, 5.41) is 0.566. The van der Waals surface area contributed by atoms with Crippen LogP contribution >= 0.6 is 11.6 Å². The smallest absolute Gasteiger partial charge is 0.225 e. The second-order valence-corrected chi connectivity index (χ2v) is 9.55. The molecule has 1 aromatic carbocycles. The van der Waals surface area contributed by atoms with Crippen LogP contribution in [0.2, 0.25) is 5.02 Å². The van der Waals surface area contributed by atoms with Gasteiger partial charge < -0.3 is 14.1 Å². The summed E-state index contributed by atoms with van der Waals surface area (Å²) in [6.45, 7) is 4.43. The van der Waals surface area contributed by atoms with Gasteiger partial charge in [-0.25, -0.2) is 19.3 Å². The van der Waals surface area contributed by atoms with Gasteiger partial charge in [0.15, 0.2) is 5.89 Å². The molecule has 2 unspecified atom stereocenters. The molecule has 0 bridgehead atoms. The number of aromatic nitrogens is 3. The lowest BCUT2D eigenvalue weighted by Crippen LogP contribution is -2.35. The summed E-state index contributed by atoms with van der Waals surface area (Å²) < 4.78 is 25.7. The van der Waals surface area contributed by atoms with Crippen LogP contribution in [0.25, 0.3) is 0 Å². The Kier molecular flexibility index (Phi) is 6.49. The number of rotatable bonds is 8. The van der Waals surface area contributed by atoms with Gasteiger partial charge in [-0.05, 0) is 62.0 Å². The number of piperidine rings is 1. The number of oxazole rings is 1. The van der Waals surface area contributed by atoms with E-state index in [0.717, 1.165) is 43.1 Å². The fourth-order valence-electron chi connectivity index (χ4n) is 4.91. The zero-order chi connectivity index (χ0) is 22.8. The van der Waals surface area contributed by atoms with E-state index >= 15 is 0 Å². The molecule has 5 rings (SSSR count). The molecule has 0 spiro atoms. The van der Waals surface area contributed by atoms with Crippen molar-refractivity contribution in [2.45, 2.75) is 39.0 Å². The third-order valence-corrected chi connectivity index (χ3v) is 7.00. The summed E-state index contributed by atoms with van der Waals surface area (Å²) in [6.07, 6.45) is 9.93. The molecule has 3 heterocycles. The van der Waals surface area contributed by atoms with Crippen LogP contribution in [0.5, 0.6) is 5.75 Å². The van der Waals surface area contributed by atoms with E-state index in [4.69, 9.17) is 20.8 Å². The van der Waals surface area contributed by atoms with E-state index in [9.17, 15) is 4.39 Å². The van der Waals surface area contributed by atoms with Crippen molar-refractivity contribution < 1.29 is 13.5 Å². The van der Waals surface area contributed by atoms with E-state index in [1.54, 1.807) is 24.7 Å². The zero-order valence-electron chi connectivity index (χ0n) is 18.7. The van der Waals surface area contributed by atoms with E-state index in [1.165, 1.54) is 25.3 Å². The quantitative estimate of drug-likeness (QED) is 0.434. The largest absolute Gasteiger partial charge is 0.493 e. The van der Waals surface area contributed by atoms with Crippen LogP contribution in [-0.2, 0) is 6.42 Å². The fraction of sp³-hybridized carbons (Fsp3) is 0.480. The van der Waals surface area contributed by atoms with Crippen molar-refractivity contribution in [1.29, 1.82) is 0 Å². The van der Waals surface area contributed by atoms with E-state index in [1.807, 2.05) is 13.0 Å². The highest BCUT2D eigenvalue weighted by Crippen LogP contribution is 2.49. The highest BCUT2D eigenvalue weighted by molar-refractivity contribution is 6.30. The van der Waals surface area contributed by atoms with Crippen LogP contribution in [0.3, 0.4) is 0 Å².